The Bertz CT molecular complexity index is 340. The molecule has 0 aliphatic carbocycles. The highest BCUT2D eigenvalue weighted by Gasteiger charge is 2.35. The van der Waals surface area contributed by atoms with Crippen molar-refractivity contribution in [2.75, 3.05) is 32.8 Å². The Balaban J connectivity index is 1.97. The van der Waals surface area contributed by atoms with Crippen molar-refractivity contribution in [1.82, 2.24) is 15.5 Å². The average molecular weight is 269 g/mol. The molecule has 6 heteroatoms. The normalized spacial score (nSPS) is 28.4. The minimum absolute atomic E-state index is 0.0385. The van der Waals surface area contributed by atoms with Crippen molar-refractivity contribution in [1.29, 1.82) is 0 Å². The molecule has 0 aromatic rings. The van der Waals surface area contributed by atoms with E-state index in [-0.39, 0.29) is 29.8 Å². The van der Waals surface area contributed by atoms with Crippen LogP contribution in [0.15, 0.2) is 0 Å². The third-order valence-corrected chi connectivity index (χ3v) is 3.63. The van der Waals surface area contributed by atoms with Crippen LogP contribution >= 0.6 is 0 Å². The third-order valence-electron chi connectivity index (χ3n) is 3.63. The molecule has 108 valence electrons. The topological polar surface area (TPSA) is 70.7 Å². The number of ether oxygens (including phenoxy) is 1. The van der Waals surface area contributed by atoms with Crippen molar-refractivity contribution in [3.8, 4) is 0 Å². The van der Waals surface area contributed by atoms with Gasteiger partial charge in [-0.05, 0) is 5.92 Å². The van der Waals surface area contributed by atoms with Gasteiger partial charge in [-0.1, -0.05) is 13.8 Å². The molecule has 2 aliphatic heterocycles. The van der Waals surface area contributed by atoms with Crippen LogP contribution in [0.5, 0.6) is 0 Å². The molecule has 19 heavy (non-hydrogen) atoms. The van der Waals surface area contributed by atoms with Gasteiger partial charge in [0.15, 0.2) is 0 Å². The Morgan fingerprint density at radius 3 is 2.89 bits per heavy atom. The van der Waals surface area contributed by atoms with E-state index in [2.05, 4.69) is 10.6 Å². The van der Waals surface area contributed by atoms with Gasteiger partial charge in [-0.3, -0.25) is 9.59 Å². The molecule has 0 aromatic heterocycles. The molecule has 2 amide bonds. The van der Waals surface area contributed by atoms with E-state index >= 15 is 0 Å². The largest absolute Gasteiger partial charge is 0.378 e. The summed E-state index contributed by atoms with van der Waals surface area (Å²) < 4.78 is 5.35. The minimum Gasteiger partial charge on any atom is -0.378 e. The molecule has 2 unspecified atom stereocenters. The highest BCUT2D eigenvalue weighted by atomic mass is 16.5. The minimum atomic E-state index is -0.342. The molecule has 0 bridgehead atoms. The molecule has 6 nitrogen and oxygen atoms in total. The fraction of sp³-hybridized carbons (Fsp3) is 0.846. The Hall–Kier alpha value is -1.14. The summed E-state index contributed by atoms with van der Waals surface area (Å²) in [6.07, 6.45) is 0.399. The van der Waals surface area contributed by atoms with Gasteiger partial charge in [0.1, 0.15) is 6.04 Å². The molecule has 0 aromatic carbocycles. The van der Waals surface area contributed by atoms with Crippen LogP contribution in [0.4, 0.5) is 0 Å². The van der Waals surface area contributed by atoms with Crippen LogP contribution in [0.3, 0.4) is 0 Å². The quantitative estimate of drug-likeness (QED) is 0.714. The Kier molecular flexibility index (Phi) is 4.76. The number of hydrogen-bond acceptors (Lipinski definition) is 4. The van der Waals surface area contributed by atoms with E-state index in [1.807, 2.05) is 13.8 Å². The number of nitrogens with zero attached hydrogens (tertiary/aromatic N) is 1. The second-order valence-corrected chi connectivity index (χ2v) is 5.50. The zero-order valence-corrected chi connectivity index (χ0v) is 11.6. The second-order valence-electron chi connectivity index (χ2n) is 5.50. The molecule has 0 saturated carbocycles. The van der Waals surface area contributed by atoms with Crippen molar-refractivity contribution < 1.29 is 14.3 Å². The smallest absolute Gasteiger partial charge is 0.243 e. The van der Waals surface area contributed by atoms with Crippen molar-refractivity contribution in [2.24, 2.45) is 5.92 Å². The third kappa shape index (κ3) is 3.45. The lowest BCUT2D eigenvalue weighted by atomic mass is 9.98. The summed E-state index contributed by atoms with van der Waals surface area (Å²) in [6, 6.07) is -0.273. The summed E-state index contributed by atoms with van der Waals surface area (Å²) >= 11 is 0. The molecule has 2 atom stereocenters. The van der Waals surface area contributed by atoms with Crippen LogP contribution < -0.4 is 10.6 Å². The van der Waals surface area contributed by atoms with E-state index in [0.717, 1.165) is 6.54 Å². The number of piperazine rings is 1. The summed E-state index contributed by atoms with van der Waals surface area (Å²) in [6.45, 7) is 7.13. The van der Waals surface area contributed by atoms with E-state index in [4.69, 9.17) is 4.74 Å². The average Bonchev–Trinajstić information content (AvgIpc) is 2.39. The van der Waals surface area contributed by atoms with Crippen LogP contribution in [0.1, 0.15) is 20.3 Å². The van der Waals surface area contributed by atoms with Gasteiger partial charge >= 0.3 is 0 Å². The maximum atomic E-state index is 12.4. The Morgan fingerprint density at radius 1 is 1.47 bits per heavy atom. The highest BCUT2D eigenvalue weighted by Crippen LogP contribution is 2.16. The fourth-order valence-electron chi connectivity index (χ4n) is 2.71. The number of amides is 2. The number of rotatable bonds is 3. The van der Waals surface area contributed by atoms with Gasteiger partial charge in [0.25, 0.3) is 0 Å². The maximum absolute atomic E-state index is 12.4. The Morgan fingerprint density at radius 2 is 2.26 bits per heavy atom. The van der Waals surface area contributed by atoms with Gasteiger partial charge in [-0.15, -0.1) is 0 Å². The summed E-state index contributed by atoms with van der Waals surface area (Å²) in [5, 5.41) is 6.10. The van der Waals surface area contributed by atoms with Crippen LogP contribution in [0, 0.1) is 5.92 Å². The zero-order valence-electron chi connectivity index (χ0n) is 11.6. The van der Waals surface area contributed by atoms with E-state index in [9.17, 15) is 9.59 Å². The molecule has 2 N–H and O–H groups in total. The number of carbonyl (C=O) groups excluding carboxylic acids is 2. The number of nitrogens with one attached hydrogen (secondary N) is 2. The first-order valence-corrected chi connectivity index (χ1v) is 6.98. The lowest BCUT2D eigenvalue weighted by Gasteiger charge is -2.38. The number of carbonyl (C=O) groups is 2. The van der Waals surface area contributed by atoms with Crippen LogP contribution in [0.2, 0.25) is 0 Å². The number of morpholine rings is 1. The summed E-state index contributed by atoms with van der Waals surface area (Å²) in [4.78, 5) is 26.0. The van der Waals surface area contributed by atoms with Gasteiger partial charge in [0.05, 0.1) is 13.2 Å². The summed E-state index contributed by atoms with van der Waals surface area (Å²) in [5.41, 5.74) is 0. The van der Waals surface area contributed by atoms with Crippen LogP contribution in [0.25, 0.3) is 0 Å². The van der Waals surface area contributed by atoms with Crippen molar-refractivity contribution in [2.45, 2.75) is 32.4 Å². The van der Waals surface area contributed by atoms with Crippen molar-refractivity contribution in [3.63, 3.8) is 0 Å². The highest BCUT2D eigenvalue weighted by molar-refractivity contribution is 5.89. The van der Waals surface area contributed by atoms with Gasteiger partial charge in [-0.25, -0.2) is 0 Å². The van der Waals surface area contributed by atoms with Crippen LogP contribution in [-0.2, 0) is 14.3 Å². The molecule has 2 fully saturated rings. The molecule has 2 rings (SSSR count). The molecular weight excluding hydrogens is 246 g/mol. The first-order chi connectivity index (χ1) is 9.09. The molecule has 2 heterocycles. The SMILES string of the molecule is CC(C)C1C(=O)NCCN1C(=O)CC1COCCN1. The second kappa shape index (κ2) is 6.34. The lowest BCUT2D eigenvalue weighted by molar-refractivity contribution is -0.145. The first-order valence-electron chi connectivity index (χ1n) is 6.98. The standard InChI is InChI=1S/C13H23N3O3/c1-9(2)12-13(18)15-3-5-16(12)11(17)7-10-8-19-6-4-14-10/h9-10,12,14H,3-8H2,1-2H3,(H,15,18). The predicted molar refractivity (Wildman–Crippen MR) is 70.6 cm³/mol. The maximum Gasteiger partial charge on any atom is 0.243 e. The van der Waals surface area contributed by atoms with Gasteiger partial charge in [0.2, 0.25) is 11.8 Å². The first kappa shape index (κ1) is 14.3. The van der Waals surface area contributed by atoms with E-state index in [1.165, 1.54) is 0 Å². The predicted octanol–water partition coefficient (Wildman–Crippen LogP) is -0.652. The zero-order chi connectivity index (χ0) is 13.8. The van der Waals surface area contributed by atoms with Gasteiger partial charge < -0.3 is 20.3 Å². The summed E-state index contributed by atoms with van der Waals surface area (Å²) in [7, 11) is 0. The molecule has 0 radical (unpaired) electrons. The molecular formula is C13H23N3O3. The monoisotopic (exact) mass is 269 g/mol. The molecule has 2 aliphatic rings. The van der Waals surface area contributed by atoms with Crippen molar-refractivity contribution >= 4 is 11.8 Å². The number of hydrogen-bond donors (Lipinski definition) is 2. The lowest BCUT2D eigenvalue weighted by Crippen LogP contribution is -2.60. The Labute approximate surface area is 113 Å². The van der Waals surface area contributed by atoms with Gasteiger partial charge in [0, 0.05) is 32.1 Å². The van der Waals surface area contributed by atoms with E-state index < -0.39 is 0 Å². The molecule has 0 spiro atoms. The van der Waals surface area contributed by atoms with Gasteiger partial charge in [-0.2, -0.15) is 0 Å². The fourth-order valence-corrected chi connectivity index (χ4v) is 2.71. The molecule has 2 saturated heterocycles. The van der Waals surface area contributed by atoms with E-state index in [1.54, 1.807) is 4.90 Å². The van der Waals surface area contributed by atoms with Crippen molar-refractivity contribution in [3.05, 3.63) is 0 Å². The summed E-state index contributed by atoms with van der Waals surface area (Å²) in [5.74, 6) is 0.124. The van der Waals surface area contributed by atoms with Crippen LogP contribution in [-0.4, -0.2) is 61.6 Å². The van der Waals surface area contributed by atoms with E-state index in [0.29, 0.717) is 32.7 Å².